The maximum atomic E-state index is 8.87. The Kier molecular flexibility index (Phi) is 8.35. The number of hydrogen-bond acceptors (Lipinski definition) is 6. The summed E-state index contributed by atoms with van der Waals surface area (Å²) in [5, 5.41) is 16.7. The van der Waals surface area contributed by atoms with Crippen molar-refractivity contribution in [1.82, 2.24) is 0 Å². The van der Waals surface area contributed by atoms with E-state index in [0.717, 1.165) is 17.9 Å². The average Bonchev–Trinajstić information content (AvgIpc) is 2.58. The highest BCUT2D eigenvalue weighted by Gasteiger charge is 2.15. The van der Waals surface area contributed by atoms with Crippen LogP contribution in [0.25, 0.3) is 0 Å². The number of anilines is 1. The monoisotopic (exact) mass is 378 g/mol. The van der Waals surface area contributed by atoms with Crippen LogP contribution in [0.2, 0.25) is 0 Å². The van der Waals surface area contributed by atoms with Crippen molar-refractivity contribution in [2.75, 3.05) is 24.7 Å². The van der Waals surface area contributed by atoms with Crippen molar-refractivity contribution < 1.29 is 9.84 Å². The molecular formula is C19H27ClN4O2. The summed E-state index contributed by atoms with van der Waals surface area (Å²) in [4.78, 5) is 6.85. The number of aliphatic hydroxyl groups excluding tert-OH is 1. The minimum absolute atomic E-state index is 0. The van der Waals surface area contributed by atoms with Crippen molar-refractivity contribution >= 4 is 35.2 Å². The molecule has 6 nitrogen and oxygen atoms in total. The van der Waals surface area contributed by atoms with Gasteiger partial charge < -0.3 is 20.5 Å². The molecule has 0 amide bonds. The van der Waals surface area contributed by atoms with Crippen LogP contribution in [-0.2, 0) is 4.74 Å². The van der Waals surface area contributed by atoms with Crippen LogP contribution in [0, 0.1) is 5.41 Å². The third kappa shape index (κ3) is 5.34. The second-order valence-electron chi connectivity index (χ2n) is 5.99. The highest BCUT2D eigenvalue weighted by atomic mass is 35.5. The van der Waals surface area contributed by atoms with Gasteiger partial charge in [-0.3, -0.25) is 5.41 Å². The molecule has 4 N–H and O–H groups in total. The van der Waals surface area contributed by atoms with E-state index in [1.807, 2.05) is 24.3 Å². The van der Waals surface area contributed by atoms with Gasteiger partial charge in [-0.15, -0.1) is 12.4 Å². The maximum Gasteiger partial charge on any atom is 0.146 e. The van der Waals surface area contributed by atoms with Crippen LogP contribution >= 0.6 is 12.4 Å². The van der Waals surface area contributed by atoms with Crippen LogP contribution < -0.4 is 10.6 Å². The summed E-state index contributed by atoms with van der Waals surface area (Å²) in [5.41, 5.74) is 9.05. The standard InChI is InChI=1S/C19H26N4O2.ClH/c1-4-23(13(2)3)15-7-5-14(6-8-15)22-18-12-19(25-10-9-24)17(21)11-16(18)20;/h5-8,11-13,21,24H,4,9-10,20H2,1-3H3;1H/b21-17?,22-18+;. The van der Waals surface area contributed by atoms with E-state index in [9.17, 15) is 0 Å². The molecule has 1 aliphatic carbocycles. The molecule has 1 aromatic rings. The summed E-state index contributed by atoms with van der Waals surface area (Å²) in [6.07, 6.45) is 3.14. The second kappa shape index (κ2) is 9.99. The Morgan fingerprint density at radius 1 is 1.23 bits per heavy atom. The number of allylic oxidation sites excluding steroid dienone is 2. The van der Waals surface area contributed by atoms with Crippen LogP contribution in [0.4, 0.5) is 11.4 Å². The first kappa shape index (κ1) is 21.7. The molecule has 142 valence electrons. The molecule has 0 aliphatic heterocycles. The van der Waals surface area contributed by atoms with Gasteiger partial charge in [0, 0.05) is 24.4 Å². The normalized spacial score (nSPS) is 15.4. The molecular weight excluding hydrogens is 352 g/mol. The van der Waals surface area contributed by atoms with E-state index in [-0.39, 0.29) is 31.3 Å². The van der Waals surface area contributed by atoms with Crippen molar-refractivity contribution in [2.45, 2.75) is 26.8 Å². The van der Waals surface area contributed by atoms with Gasteiger partial charge >= 0.3 is 0 Å². The summed E-state index contributed by atoms with van der Waals surface area (Å²) in [7, 11) is 0. The van der Waals surface area contributed by atoms with Crippen molar-refractivity contribution in [3.05, 3.63) is 47.9 Å². The number of rotatable bonds is 7. The van der Waals surface area contributed by atoms with E-state index in [2.05, 4.69) is 30.7 Å². The lowest BCUT2D eigenvalue weighted by molar-refractivity contribution is 0.156. The van der Waals surface area contributed by atoms with Crippen molar-refractivity contribution in [2.24, 2.45) is 10.7 Å². The Morgan fingerprint density at radius 3 is 2.42 bits per heavy atom. The summed E-state index contributed by atoms with van der Waals surface area (Å²) >= 11 is 0. The van der Waals surface area contributed by atoms with Gasteiger partial charge in [-0.1, -0.05) is 0 Å². The molecule has 0 atom stereocenters. The number of halogens is 1. The first-order valence-electron chi connectivity index (χ1n) is 8.43. The molecule has 0 saturated heterocycles. The topological polar surface area (TPSA) is 94.9 Å². The number of nitrogens with zero attached hydrogens (tertiary/aromatic N) is 2. The van der Waals surface area contributed by atoms with Crippen LogP contribution in [0.1, 0.15) is 20.8 Å². The SMILES string of the molecule is CCN(c1ccc(/N=C2\C=C(OCCO)C(=N)C=C2N)cc1)C(C)C.Cl. The number of nitrogens with two attached hydrogens (primary N) is 1. The number of ether oxygens (including phenoxy) is 1. The van der Waals surface area contributed by atoms with E-state index in [4.69, 9.17) is 21.0 Å². The molecule has 0 bridgehead atoms. The fourth-order valence-electron chi connectivity index (χ4n) is 2.66. The predicted octanol–water partition coefficient (Wildman–Crippen LogP) is 3.18. The summed E-state index contributed by atoms with van der Waals surface area (Å²) in [6, 6.07) is 8.41. The minimum Gasteiger partial charge on any atom is -0.489 e. The first-order chi connectivity index (χ1) is 12.0. The van der Waals surface area contributed by atoms with Crippen LogP contribution in [-0.4, -0.2) is 42.3 Å². The van der Waals surface area contributed by atoms with Crippen LogP contribution in [0.5, 0.6) is 0 Å². The molecule has 0 unspecified atom stereocenters. The number of aliphatic imine (C=N–C) groups is 1. The van der Waals surface area contributed by atoms with E-state index >= 15 is 0 Å². The van der Waals surface area contributed by atoms with E-state index in [1.54, 1.807) is 6.08 Å². The molecule has 1 aromatic carbocycles. The third-order valence-electron chi connectivity index (χ3n) is 3.87. The fraction of sp³-hybridized carbons (Fsp3) is 0.368. The lowest BCUT2D eigenvalue weighted by atomic mass is 10.1. The molecule has 1 aliphatic rings. The zero-order valence-corrected chi connectivity index (χ0v) is 16.2. The molecule has 0 radical (unpaired) electrons. The summed E-state index contributed by atoms with van der Waals surface area (Å²) in [6.45, 7) is 7.43. The van der Waals surface area contributed by atoms with Gasteiger partial charge in [0.25, 0.3) is 0 Å². The average molecular weight is 379 g/mol. The smallest absolute Gasteiger partial charge is 0.146 e. The van der Waals surface area contributed by atoms with Gasteiger partial charge in [0.05, 0.1) is 29.4 Å². The summed E-state index contributed by atoms with van der Waals surface area (Å²) in [5.74, 6) is 0.357. The Bertz CT molecular complexity index is 709. The molecule has 0 saturated carbocycles. The van der Waals surface area contributed by atoms with Gasteiger partial charge in [0.15, 0.2) is 0 Å². The van der Waals surface area contributed by atoms with Crippen molar-refractivity contribution in [3.8, 4) is 0 Å². The maximum absolute atomic E-state index is 8.87. The Morgan fingerprint density at radius 2 is 1.88 bits per heavy atom. The molecule has 26 heavy (non-hydrogen) atoms. The number of benzene rings is 1. The molecule has 0 fully saturated rings. The van der Waals surface area contributed by atoms with Gasteiger partial charge in [-0.2, -0.15) is 0 Å². The number of hydrogen-bond donors (Lipinski definition) is 3. The predicted molar refractivity (Wildman–Crippen MR) is 110 cm³/mol. The number of aliphatic hydroxyl groups is 1. The molecule has 7 heteroatoms. The Labute approximate surface area is 161 Å². The minimum atomic E-state index is -0.110. The first-order valence-corrected chi connectivity index (χ1v) is 8.43. The zero-order valence-electron chi connectivity index (χ0n) is 15.4. The van der Waals surface area contributed by atoms with Crippen molar-refractivity contribution in [3.63, 3.8) is 0 Å². The Balaban J connectivity index is 0.00000338. The van der Waals surface area contributed by atoms with Gasteiger partial charge in [-0.25, -0.2) is 4.99 Å². The lowest BCUT2D eigenvalue weighted by Gasteiger charge is -2.27. The van der Waals surface area contributed by atoms with Gasteiger partial charge in [0.1, 0.15) is 12.4 Å². The zero-order chi connectivity index (χ0) is 18.4. The van der Waals surface area contributed by atoms with Crippen LogP contribution in [0.15, 0.2) is 52.9 Å². The highest BCUT2D eigenvalue weighted by Crippen LogP contribution is 2.23. The Hall–Kier alpha value is -2.31. The second-order valence-corrected chi connectivity index (χ2v) is 5.99. The van der Waals surface area contributed by atoms with Gasteiger partial charge in [-0.05, 0) is 51.1 Å². The summed E-state index contributed by atoms with van der Waals surface area (Å²) < 4.78 is 5.35. The molecule has 0 heterocycles. The van der Waals surface area contributed by atoms with E-state index < -0.39 is 0 Å². The van der Waals surface area contributed by atoms with E-state index in [1.165, 1.54) is 6.08 Å². The number of nitrogens with one attached hydrogen (secondary N) is 1. The highest BCUT2D eigenvalue weighted by molar-refractivity contribution is 6.22. The molecule has 0 aromatic heterocycles. The quantitative estimate of drug-likeness (QED) is 0.635. The van der Waals surface area contributed by atoms with Crippen molar-refractivity contribution in [1.29, 1.82) is 5.41 Å². The largest absolute Gasteiger partial charge is 0.489 e. The van der Waals surface area contributed by atoms with Gasteiger partial charge in [0.2, 0.25) is 0 Å². The molecule has 0 spiro atoms. The lowest BCUT2D eigenvalue weighted by Crippen LogP contribution is -2.30. The van der Waals surface area contributed by atoms with Crippen LogP contribution in [0.3, 0.4) is 0 Å². The molecule has 2 rings (SSSR count). The third-order valence-corrected chi connectivity index (χ3v) is 3.87. The van der Waals surface area contributed by atoms with E-state index in [0.29, 0.717) is 23.2 Å². The fourth-order valence-corrected chi connectivity index (χ4v) is 2.66.